The molecule has 1 aliphatic rings. The number of carbonyl (C=O) groups excluding carboxylic acids is 2. The molecular formula is C20H17F5N2O2. The zero-order valence-electron chi connectivity index (χ0n) is 15.2. The third-order valence-corrected chi connectivity index (χ3v) is 4.63. The Bertz CT molecular complexity index is 943. The van der Waals surface area contributed by atoms with E-state index in [4.69, 9.17) is 0 Å². The Hall–Kier alpha value is -2.97. The predicted octanol–water partition coefficient (Wildman–Crippen LogP) is 4.08. The molecule has 0 aliphatic carbocycles. The molecule has 0 fully saturated rings. The highest BCUT2D eigenvalue weighted by Crippen LogP contribution is 2.35. The first-order valence-electron chi connectivity index (χ1n) is 8.90. The third kappa shape index (κ3) is 4.72. The maximum Gasteiger partial charge on any atom is 0.416 e. The standard InChI is InChI=1S/C20H17F5N2O2/c21-14-4-5-15(16(22)11-14)19(29)26-8-7-18(28)27-9-1-2-12-10-13(20(23,24)25)3-6-17(12)27/h3-6,10-11H,1-2,7-9H2,(H,26,29). The Morgan fingerprint density at radius 2 is 1.83 bits per heavy atom. The fourth-order valence-corrected chi connectivity index (χ4v) is 3.22. The van der Waals surface area contributed by atoms with E-state index in [0.717, 1.165) is 24.3 Å². The van der Waals surface area contributed by atoms with Crippen LogP contribution in [0.1, 0.15) is 34.3 Å². The third-order valence-electron chi connectivity index (χ3n) is 4.63. The zero-order valence-corrected chi connectivity index (χ0v) is 15.2. The molecule has 0 aromatic heterocycles. The highest BCUT2D eigenvalue weighted by atomic mass is 19.4. The summed E-state index contributed by atoms with van der Waals surface area (Å²) in [6, 6.07) is 5.79. The molecule has 1 aliphatic heterocycles. The minimum absolute atomic E-state index is 0.0963. The molecule has 9 heteroatoms. The van der Waals surface area contributed by atoms with Gasteiger partial charge in [-0.2, -0.15) is 13.2 Å². The summed E-state index contributed by atoms with van der Waals surface area (Å²) >= 11 is 0. The summed E-state index contributed by atoms with van der Waals surface area (Å²) in [7, 11) is 0. The molecule has 0 saturated carbocycles. The SMILES string of the molecule is O=C(NCCC(=O)N1CCCc2cc(C(F)(F)F)ccc21)c1ccc(F)cc1F. The van der Waals surface area contributed by atoms with Gasteiger partial charge in [0.15, 0.2) is 0 Å². The van der Waals surface area contributed by atoms with Gasteiger partial charge in [-0.1, -0.05) is 0 Å². The summed E-state index contributed by atoms with van der Waals surface area (Å²) in [6.45, 7) is 0.263. The number of fused-ring (bicyclic) bond motifs is 1. The first kappa shape index (κ1) is 20.8. The fourth-order valence-electron chi connectivity index (χ4n) is 3.22. The van der Waals surface area contributed by atoms with Gasteiger partial charge < -0.3 is 10.2 Å². The number of hydrogen-bond acceptors (Lipinski definition) is 2. The number of amides is 2. The van der Waals surface area contributed by atoms with E-state index in [1.165, 1.54) is 11.0 Å². The first-order valence-corrected chi connectivity index (χ1v) is 8.90. The first-order chi connectivity index (χ1) is 13.7. The molecule has 1 heterocycles. The van der Waals surface area contributed by atoms with Crippen molar-refractivity contribution in [1.82, 2.24) is 5.32 Å². The van der Waals surface area contributed by atoms with Gasteiger partial charge in [-0.3, -0.25) is 9.59 Å². The van der Waals surface area contributed by atoms with Crippen LogP contribution in [-0.4, -0.2) is 24.9 Å². The Morgan fingerprint density at radius 3 is 2.52 bits per heavy atom. The number of aryl methyl sites for hydroxylation is 1. The monoisotopic (exact) mass is 412 g/mol. The number of carbonyl (C=O) groups is 2. The van der Waals surface area contributed by atoms with Crippen LogP contribution >= 0.6 is 0 Å². The van der Waals surface area contributed by atoms with Crippen LogP contribution in [0.3, 0.4) is 0 Å². The molecule has 0 atom stereocenters. The van der Waals surface area contributed by atoms with Crippen LogP contribution < -0.4 is 10.2 Å². The molecule has 2 aromatic carbocycles. The molecule has 3 rings (SSSR count). The Balaban J connectivity index is 1.63. The number of nitrogens with zero attached hydrogens (tertiary/aromatic N) is 1. The molecule has 0 spiro atoms. The summed E-state index contributed by atoms with van der Waals surface area (Å²) in [4.78, 5) is 25.9. The number of nitrogens with one attached hydrogen (secondary N) is 1. The van der Waals surface area contributed by atoms with Crippen molar-refractivity contribution in [3.05, 3.63) is 64.7 Å². The quantitative estimate of drug-likeness (QED) is 0.770. The highest BCUT2D eigenvalue weighted by molar-refractivity contribution is 5.96. The lowest BCUT2D eigenvalue weighted by atomic mass is 9.98. The van der Waals surface area contributed by atoms with Gasteiger partial charge in [-0.15, -0.1) is 0 Å². The highest BCUT2D eigenvalue weighted by Gasteiger charge is 2.32. The van der Waals surface area contributed by atoms with Crippen molar-refractivity contribution in [2.75, 3.05) is 18.0 Å². The van der Waals surface area contributed by atoms with Gasteiger partial charge in [0.05, 0.1) is 11.1 Å². The minimum Gasteiger partial charge on any atom is -0.351 e. The van der Waals surface area contributed by atoms with E-state index < -0.39 is 29.3 Å². The molecule has 1 N–H and O–H groups in total. The van der Waals surface area contributed by atoms with E-state index in [1.54, 1.807) is 0 Å². The molecule has 154 valence electrons. The molecule has 4 nitrogen and oxygen atoms in total. The summed E-state index contributed by atoms with van der Waals surface area (Å²) in [6.07, 6.45) is -3.62. The molecule has 2 amide bonds. The molecule has 2 aromatic rings. The Labute approximate surface area is 163 Å². The second-order valence-corrected chi connectivity index (χ2v) is 6.62. The summed E-state index contributed by atoms with van der Waals surface area (Å²) in [5.74, 6) is -2.99. The van der Waals surface area contributed by atoms with Crippen LogP contribution in [0.2, 0.25) is 0 Å². The molecule has 0 radical (unpaired) electrons. The average molecular weight is 412 g/mol. The molecule has 0 bridgehead atoms. The molecular weight excluding hydrogens is 395 g/mol. The van der Waals surface area contributed by atoms with E-state index in [-0.39, 0.29) is 24.4 Å². The van der Waals surface area contributed by atoms with Crippen LogP contribution in [-0.2, 0) is 17.4 Å². The summed E-state index contributed by atoms with van der Waals surface area (Å²) in [5.41, 5.74) is -0.247. The largest absolute Gasteiger partial charge is 0.416 e. The van der Waals surface area contributed by atoms with Crippen LogP contribution in [0.4, 0.5) is 27.6 Å². The lowest BCUT2D eigenvalue weighted by Gasteiger charge is -2.30. The lowest BCUT2D eigenvalue weighted by Crippen LogP contribution is -2.38. The zero-order chi connectivity index (χ0) is 21.2. The van der Waals surface area contributed by atoms with E-state index in [9.17, 15) is 31.5 Å². The number of alkyl halides is 3. The lowest BCUT2D eigenvalue weighted by molar-refractivity contribution is -0.137. The van der Waals surface area contributed by atoms with Gasteiger partial charge >= 0.3 is 6.18 Å². The van der Waals surface area contributed by atoms with Gasteiger partial charge in [0.25, 0.3) is 5.91 Å². The van der Waals surface area contributed by atoms with Crippen molar-refractivity contribution in [2.24, 2.45) is 0 Å². The van der Waals surface area contributed by atoms with Gasteiger partial charge in [-0.25, -0.2) is 8.78 Å². The topological polar surface area (TPSA) is 49.4 Å². The summed E-state index contributed by atoms with van der Waals surface area (Å²) in [5, 5.41) is 2.38. The predicted molar refractivity (Wildman–Crippen MR) is 95.4 cm³/mol. The second kappa shape index (κ2) is 8.18. The minimum atomic E-state index is -4.46. The maximum absolute atomic E-state index is 13.6. The van der Waals surface area contributed by atoms with E-state index in [0.29, 0.717) is 36.7 Å². The van der Waals surface area contributed by atoms with Gasteiger partial charge in [-0.05, 0) is 48.7 Å². The molecule has 0 unspecified atom stereocenters. The number of rotatable bonds is 4. The van der Waals surface area contributed by atoms with Crippen LogP contribution in [0, 0.1) is 11.6 Å². The van der Waals surface area contributed by atoms with Gasteiger partial charge in [0.2, 0.25) is 5.91 Å². The normalized spacial score (nSPS) is 13.8. The van der Waals surface area contributed by atoms with Crippen LogP contribution in [0.5, 0.6) is 0 Å². The molecule has 29 heavy (non-hydrogen) atoms. The summed E-state index contributed by atoms with van der Waals surface area (Å²) < 4.78 is 65.1. The van der Waals surface area contributed by atoms with Crippen molar-refractivity contribution in [2.45, 2.75) is 25.4 Å². The van der Waals surface area contributed by atoms with E-state index in [2.05, 4.69) is 5.32 Å². The molecule has 0 saturated heterocycles. The number of halogens is 5. The van der Waals surface area contributed by atoms with Crippen molar-refractivity contribution in [1.29, 1.82) is 0 Å². The maximum atomic E-state index is 13.6. The average Bonchev–Trinajstić information content (AvgIpc) is 2.66. The fraction of sp³-hybridized carbons (Fsp3) is 0.300. The van der Waals surface area contributed by atoms with Crippen molar-refractivity contribution < 1.29 is 31.5 Å². The Morgan fingerprint density at radius 1 is 1.07 bits per heavy atom. The second-order valence-electron chi connectivity index (χ2n) is 6.62. The van der Waals surface area contributed by atoms with Crippen LogP contribution in [0.15, 0.2) is 36.4 Å². The van der Waals surface area contributed by atoms with Crippen molar-refractivity contribution in [3.8, 4) is 0 Å². The Kier molecular flexibility index (Phi) is 5.86. The van der Waals surface area contributed by atoms with E-state index in [1.807, 2.05) is 0 Å². The van der Waals surface area contributed by atoms with E-state index >= 15 is 0 Å². The number of anilines is 1. The van der Waals surface area contributed by atoms with Crippen molar-refractivity contribution >= 4 is 17.5 Å². The van der Waals surface area contributed by atoms with Gasteiger partial charge in [0.1, 0.15) is 11.6 Å². The van der Waals surface area contributed by atoms with Crippen LogP contribution in [0.25, 0.3) is 0 Å². The number of hydrogen-bond donors (Lipinski definition) is 1. The smallest absolute Gasteiger partial charge is 0.351 e. The van der Waals surface area contributed by atoms with Crippen molar-refractivity contribution in [3.63, 3.8) is 0 Å². The van der Waals surface area contributed by atoms with Gasteiger partial charge in [0, 0.05) is 31.3 Å². The number of benzene rings is 2.